The summed E-state index contributed by atoms with van der Waals surface area (Å²) >= 11 is 0. The van der Waals surface area contributed by atoms with E-state index in [1.165, 1.54) is 0 Å². The van der Waals surface area contributed by atoms with Gasteiger partial charge in [0.25, 0.3) is 5.91 Å². The van der Waals surface area contributed by atoms with Gasteiger partial charge in [0.1, 0.15) is 5.75 Å². The van der Waals surface area contributed by atoms with Crippen LogP contribution in [-0.2, 0) is 9.53 Å². The predicted octanol–water partition coefficient (Wildman–Crippen LogP) is 3.32. The Balaban J connectivity index is 1.71. The lowest BCUT2D eigenvalue weighted by molar-refractivity contribution is -0.122. The third kappa shape index (κ3) is 4.51. The highest BCUT2D eigenvalue weighted by molar-refractivity contribution is 5.97. The van der Waals surface area contributed by atoms with Crippen molar-refractivity contribution in [3.63, 3.8) is 0 Å². The third-order valence-electron chi connectivity index (χ3n) is 4.20. The Morgan fingerprint density at radius 1 is 1.12 bits per heavy atom. The number of carbonyl (C=O) groups excluding carboxylic acids is 1. The minimum Gasteiger partial charge on any atom is -0.481 e. The molecule has 132 valence electrons. The van der Waals surface area contributed by atoms with Crippen LogP contribution in [0.25, 0.3) is 0 Å². The first-order chi connectivity index (χ1) is 12.3. The molecule has 1 aliphatic rings. The SMILES string of the molecule is CCC(Oc1ccccc1)C(=O)Nc1ccccc1N1CCOCC1. The quantitative estimate of drug-likeness (QED) is 0.876. The monoisotopic (exact) mass is 340 g/mol. The molecule has 0 aliphatic carbocycles. The van der Waals surface area contributed by atoms with Crippen LogP contribution < -0.4 is 15.0 Å². The molecule has 1 saturated heterocycles. The molecule has 2 aromatic rings. The smallest absolute Gasteiger partial charge is 0.265 e. The van der Waals surface area contributed by atoms with Gasteiger partial charge in [-0.25, -0.2) is 0 Å². The summed E-state index contributed by atoms with van der Waals surface area (Å²) in [5.41, 5.74) is 1.83. The number of hydrogen-bond acceptors (Lipinski definition) is 4. The molecule has 1 N–H and O–H groups in total. The molecule has 5 nitrogen and oxygen atoms in total. The number of carbonyl (C=O) groups is 1. The maximum atomic E-state index is 12.7. The zero-order valence-electron chi connectivity index (χ0n) is 14.5. The van der Waals surface area contributed by atoms with E-state index >= 15 is 0 Å². The van der Waals surface area contributed by atoms with Crippen LogP contribution in [0.15, 0.2) is 54.6 Å². The van der Waals surface area contributed by atoms with Gasteiger partial charge in [-0.2, -0.15) is 0 Å². The average molecular weight is 340 g/mol. The van der Waals surface area contributed by atoms with Gasteiger partial charge < -0.3 is 19.7 Å². The van der Waals surface area contributed by atoms with Crippen molar-refractivity contribution in [3.05, 3.63) is 54.6 Å². The minimum atomic E-state index is -0.528. The Morgan fingerprint density at radius 3 is 2.52 bits per heavy atom. The summed E-state index contributed by atoms with van der Waals surface area (Å²) in [6.07, 6.45) is 0.0700. The van der Waals surface area contributed by atoms with E-state index < -0.39 is 6.10 Å². The van der Waals surface area contributed by atoms with Crippen molar-refractivity contribution >= 4 is 17.3 Å². The van der Waals surface area contributed by atoms with Crippen LogP contribution >= 0.6 is 0 Å². The second kappa shape index (κ2) is 8.53. The van der Waals surface area contributed by atoms with Crippen LogP contribution in [0, 0.1) is 0 Å². The summed E-state index contributed by atoms with van der Waals surface area (Å²) in [5, 5.41) is 3.03. The number of nitrogens with zero attached hydrogens (tertiary/aromatic N) is 1. The number of morpholine rings is 1. The molecule has 1 aliphatic heterocycles. The third-order valence-corrected chi connectivity index (χ3v) is 4.20. The summed E-state index contributed by atoms with van der Waals surface area (Å²) in [6.45, 7) is 5.00. The van der Waals surface area contributed by atoms with Gasteiger partial charge in [0, 0.05) is 13.1 Å². The number of ether oxygens (including phenoxy) is 2. The number of amides is 1. The van der Waals surface area contributed by atoms with Crippen molar-refractivity contribution in [2.75, 3.05) is 36.5 Å². The lowest BCUT2D eigenvalue weighted by Crippen LogP contribution is -2.37. The number of hydrogen-bond donors (Lipinski definition) is 1. The van der Waals surface area contributed by atoms with Gasteiger partial charge >= 0.3 is 0 Å². The summed E-state index contributed by atoms with van der Waals surface area (Å²) in [4.78, 5) is 14.9. The fourth-order valence-electron chi connectivity index (χ4n) is 2.86. The maximum absolute atomic E-state index is 12.7. The highest BCUT2D eigenvalue weighted by Gasteiger charge is 2.21. The van der Waals surface area contributed by atoms with Crippen molar-refractivity contribution in [2.24, 2.45) is 0 Å². The van der Waals surface area contributed by atoms with Gasteiger partial charge in [-0.05, 0) is 30.7 Å². The molecular weight excluding hydrogens is 316 g/mol. The molecule has 1 amide bonds. The zero-order chi connectivity index (χ0) is 17.5. The van der Waals surface area contributed by atoms with Crippen LogP contribution in [-0.4, -0.2) is 38.3 Å². The van der Waals surface area contributed by atoms with Crippen LogP contribution in [0.1, 0.15) is 13.3 Å². The molecule has 1 atom stereocenters. The van der Waals surface area contributed by atoms with Gasteiger partial charge in [-0.3, -0.25) is 4.79 Å². The van der Waals surface area contributed by atoms with E-state index in [2.05, 4.69) is 10.2 Å². The second-order valence-electron chi connectivity index (χ2n) is 5.93. The molecule has 5 heteroatoms. The molecule has 3 rings (SSSR count). The highest BCUT2D eigenvalue weighted by atomic mass is 16.5. The van der Waals surface area contributed by atoms with Crippen molar-refractivity contribution in [2.45, 2.75) is 19.4 Å². The normalized spacial score (nSPS) is 15.5. The first-order valence-corrected chi connectivity index (χ1v) is 8.72. The first kappa shape index (κ1) is 17.3. The van der Waals surface area contributed by atoms with Gasteiger partial charge in [0.2, 0.25) is 0 Å². The van der Waals surface area contributed by atoms with E-state index in [0.29, 0.717) is 25.4 Å². The predicted molar refractivity (Wildman–Crippen MR) is 99.3 cm³/mol. The van der Waals surface area contributed by atoms with Gasteiger partial charge in [-0.1, -0.05) is 37.3 Å². The summed E-state index contributed by atoms with van der Waals surface area (Å²) in [7, 11) is 0. The van der Waals surface area contributed by atoms with Crippen LogP contribution in [0.5, 0.6) is 5.75 Å². The number of para-hydroxylation sites is 3. The van der Waals surface area contributed by atoms with E-state index in [1.54, 1.807) is 0 Å². The molecule has 1 unspecified atom stereocenters. The zero-order valence-corrected chi connectivity index (χ0v) is 14.5. The van der Waals surface area contributed by atoms with E-state index in [1.807, 2.05) is 61.5 Å². The van der Waals surface area contributed by atoms with Crippen LogP contribution in [0.3, 0.4) is 0 Å². The molecule has 0 bridgehead atoms. The number of benzene rings is 2. The van der Waals surface area contributed by atoms with Crippen molar-refractivity contribution in [1.29, 1.82) is 0 Å². The molecule has 2 aromatic carbocycles. The Morgan fingerprint density at radius 2 is 1.80 bits per heavy atom. The summed E-state index contributed by atoms with van der Waals surface area (Å²) in [6, 6.07) is 17.3. The molecule has 1 fully saturated rings. The number of rotatable bonds is 6. The van der Waals surface area contributed by atoms with Gasteiger partial charge in [0.05, 0.1) is 24.6 Å². The van der Waals surface area contributed by atoms with Crippen LogP contribution in [0.2, 0.25) is 0 Å². The Labute approximate surface area is 148 Å². The molecular formula is C20H24N2O3. The number of nitrogens with one attached hydrogen (secondary N) is 1. The number of anilines is 2. The fraction of sp³-hybridized carbons (Fsp3) is 0.350. The Hall–Kier alpha value is -2.53. The summed E-state index contributed by atoms with van der Waals surface area (Å²) < 4.78 is 11.3. The second-order valence-corrected chi connectivity index (χ2v) is 5.93. The molecule has 0 aromatic heterocycles. The Kier molecular flexibility index (Phi) is 5.90. The molecule has 0 saturated carbocycles. The first-order valence-electron chi connectivity index (χ1n) is 8.72. The van der Waals surface area contributed by atoms with Crippen molar-refractivity contribution in [1.82, 2.24) is 0 Å². The van der Waals surface area contributed by atoms with Crippen molar-refractivity contribution in [3.8, 4) is 5.75 Å². The topological polar surface area (TPSA) is 50.8 Å². The van der Waals surface area contributed by atoms with E-state index in [0.717, 1.165) is 24.5 Å². The largest absolute Gasteiger partial charge is 0.481 e. The van der Waals surface area contributed by atoms with Crippen LogP contribution in [0.4, 0.5) is 11.4 Å². The molecule has 25 heavy (non-hydrogen) atoms. The van der Waals surface area contributed by atoms with E-state index in [9.17, 15) is 4.79 Å². The standard InChI is InChI=1S/C20H24N2O3/c1-2-19(25-16-8-4-3-5-9-16)20(23)21-17-10-6-7-11-18(17)22-12-14-24-15-13-22/h3-11,19H,2,12-15H2,1H3,(H,21,23). The van der Waals surface area contributed by atoms with Gasteiger partial charge in [-0.15, -0.1) is 0 Å². The lowest BCUT2D eigenvalue weighted by atomic mass is 10.2. The molecule has 1 heterocycles. The van der Waals surface area contributed by atoms with Crippen molar-refractivity contribution < 1.29 is 14.3 Å². The van der Waals surface area contributed by atoms with Gasteiger partial charge in [0.15, 0.2) is 6.10 Å². The fourth-order valence-corrected chi connectivity index (χ4v) is 2.86. The van der Waals surface area contributed by atoms with E-state index in [-0.39, 0.29) is 5.91 Å². The average Bonchev–Trinajstić information content (AvgIpc) is 2.68. The summed E-state index contributed by atoms with van der Waals surface area (Å²) in [5.74, 6) is 0.568. The Bertz CT molecular complexity index is 684. The highest BCUT2D eigenvalue weighted by Crippen LogP contribution is 2.27. The lowest BCUT2D eigenvalue weighted by Gasteiger charge is -2.30. The van der Waals surface area contributed by atoms with E-state index in [4.69, 9.17) is 9.47 Å². The minimum absolute atomic E-state index is 0.132. The molecule has 0 radical (unpaired) electrons. The maximum Gasteiger partial charge on any atom is 0.265 e. The molecule has 0 spiro atoms.